The molecule has 18 heavy (non-hydrogen) atoms. The van der Waals surface area contributed by atoms with Gasteiger partial charge >= 0.3 is 0 Å². The van der Waals surface area contributed by atoms with Gasteiger partial charge in [0, 0.05) is 11.3 Å². The van der Waals surface area contributed by atoms with Gasteiger partial charge in [-0.15, -0.1) is 0 Å². The van der Waals surface area contributed by atoms with E-state index in [1.54, 1.807) is 25.1 Å². The van der Waals surface area contributed by atoms with Gasteiger partial charge in [-0.3, -0.25) is 9.59 Å². The molecule has 98 valence electrons. The predicted molar refractivity (Wildman–Crippen MR) is 71.2 cm³/mol. The van der Waals surface area contributed by atoms with Crippen LogP contribution in [0.2, 0.25) is 0 Å². The van der Waals surface area contributed by atoms with Crippen molar-refractivity contribution in [1.29, 1.82) is 0 Å². The minimum Gasteiger partial charge on any atom is -0.366 e. The number of carbonyl (C=O) groups is 2. The quantitative estimate of drug-likeness (QED) is 0.730. The Morgan fingerprint density at radius 1 is 1.39 bits per heavy atom. The van der Waals surface area contributed by atoms with Crippen molar-refractivity contribution >= 4 is 17.5 Å². The second-order valence-corrected chi connectivity index (χ2v) is 4.23. The van der Waals surface area contributed by atoms with Crippen molar-refractivity contribution in [3.8, 4) is 0 Å². The maximum atomic E-state index is 11.8. The third-order valence-electron chi connectivity index (χ3n) is 2.79. The molecule has 5 N–H and O–H groups in total. The van der Waals surface area contributed by atoms with E-state index in [1.807, 2.05) is 6.92 Å². The lowest BCUT2D eigenvalue weighted by Gasteiger charge is -2.14. The molecule has 0 bridgehead atoms. The molecule has 0 saturated heterocycles. The average Bonchev–Trinajstić information content (AvgIpc) is 2.31. The van der Waals surface area contributed by atoms with Gasteiger partial charge in [-0.1, -0.05) is 19.4 Å². The Bertz CT molecular complexity index is 458. The molecule has 2 amide bonds. The van der Waals surface area contributed by atoms with Crippen LogP contribution in [0.3, 0.4) is 0 Å². The molecule has 1 atom stereocenters. The predicted octanol–water partition coefficient (Wildman–Crippen LogP) is 1.16. The van der Waals surface area contributed by atoms with Gasteiger partial charge in [0.2, 0.25) is 11.8 Å². The summed E-state index contributed by atoms with van der Waals surface area (Å²) >= 11 is 0. The average molecular weight is 249 g/mol. The summed E-state index contributed by atoms with van der Waals surface area (Å²) in [4.78, 5) is 23.0. The first kappa shape index (κ1) is 14.2. The maximum Gasteiger partial charge on any atom is 0.249 e. The van der Waals surface area contributed by atoms with Crippen molar-refractivity contribution in [2.45, 2.75) is 32.7 Å². The molecule has 0 aliphatic carbocycles. The molecule has 0 saturated carbocycles. The number of nitrogens with two attached hydrogens (primary N) is 2. The first-order valence-electron chi connectivity index (χ1n) is 5.93. The zero-order valence-electron chi connectivity index (χ0n) is 10.7. The monoisotopic (exact) mass is 249 g/mol. The SMILES string of the molecule is CCC[C@H](N)C(=O)Nc1cccc(C(N)=O)c1C. The van der Waals surface area contributed by atoms with Gasteiger partial charge in [0.1, 0.15) is 0 Å². The van der Waals surface area contributed by atoms with Crippen molar-refractivity contribution in [3.63, 3.8) is 0 Å². The van der Waals surface area contributed by atoms with Crippen LogP contribution in [0.1, 0.15) is 35.7 Å². The zero-order chi connectivity index (χ0) is 13.7. The Morgan fingerprint density at radius 3 is 2.61 bits per heavy atom. The van der Waals surface area contributed by atoms with E-state index in [2.05, 4.69) is 5.32 Å². The summed E-state index contributed by atoms with van der Waals surface area (Å²) in [7, 11) is 0. The molecule has 0 fully saturated rings. The molecule has 0 heterocycles. The van der Waals surface area contributed by atoms with E-state index in [0.717, 1.165) is 6.42 Å². The summed E-state index contributed by atoms with van der Waals surface area (Å²) in [6.07, 6.45) is 1.47. The number of primary amides is 1. The lowest BCUT2D eigenvalue weighted by Crippen LogP contribution is -2.35. The molecule has 0 spiro atoms. The molecule has 0 aromatic heterocycles. The van der Waals surface area contributed by atoms with Crippen LogP contribution in [-0.4, -0.2) is 17.9 Å². The Balaban J connectivity index is 2.88. The number of benzene rings is 1. The summed E-state index contributed by atoms with van der Waals surface area (Å²) in [5, 5.41) is 2.72. The normalized spacial score (nSPS) is 11.9. The fraction of sp³-hybridized carbons (Fsp3) is 0.385. The fourth-order valence-corrected chi connectivity index (χ4v) is 1.71. The molecule has 0 radical (unpaired) electrons. The van der Waals surface area contributed by atoms with E-state index in [9.17, 15) is 9.59 Å². The van der Waals surface area contributed by atoms with Crippen LogP contribution in [0.5, 0.6) is 0 Å². The van der Waals surface area contributed by atoms with Gasteiger partial charge in [-0.05, 0) is 31.0 Å². The number of amides is 2. The topological polar surface area (TPSA) is 98.2 Å². The van der Waals surface area contributed by atoms with E-state index >= 15 is 0 Å². The zero-order valence-corrected chi connectivity index (χ0v) is 10.7. The summed E-state index contributed by atoms with van der Waals surface area (Å²) < 4.78 is 0. The molecule has 0 unspecified atom stereocenters. The van der Waals surface area contributed by atoms with Crippen LogP contribution in [0.4, 0.5) is 5.69 Å². The van der Waals surface area contributed by atoms with E-state index in [1.165, 1.54) is 0 Å². The first-order chi connectivity index (χ1) is 8.47. The van der Waals surface area contributed by atoms with Gasteiger partial charge in [-0.2, -0.15) is 0 Å². The Labute approximate surface area is 107 Å². The number of carbonyl (C=O) groups excluding carboxylic acids is 2. The molecule has 0 aliphatic rings. The summed E-state index contributed by atoms with van der Waals surface area (Å²) in [5.41, 5.74) is 12.6. The number of hydrogen-bond donors (Lipinski definition) is 3. The highest BCUT2D eigenvalue weighted by Crippen LogP contribution is 2.18. The van der Waals surface area contributed by atoms with Gasteiger partial charge in [0.15, 0.2) is 0 Å². The van der Waals surface area contributed by atoms with Crippen molar-refractivity contribution in [1.82, 2.24) is 0 Å². The molecular formula is C13H19N3O2. The van der Waals surface area contributed by atoms with E-state index in [-0.39, 0.29) is 5.91 Å². The largest absolute Gasteiger partial charge is 0.366 e. The second kappa shape index (κ2) is 6.16. The third-order valence-corrected chi connectivity index (χ3v) is 2.79. The standard InChI is InChI=1S/C13H19N3O2/c1-3-5-10(14)13(18)16-11-7-4-6-9(8(11)2)12(15)17/h4,6-7,10H,3,5,14H2,1-2H3,(H2,15,17)(H,16,18)/t10-/m0/s1. The molecule has 5 nitrogen and oxygen atoms in total. The number of rotatable bonds is 5. The van der Waals surface area contributed by atoms with Crippen LogP contribution in [0.15, 0.2) is 18.2 Å². The molecule has 1 rings (SSSR count). The summed E-state index contributed by atoms with van der Waals surface area (Å²) in [6.45, 7) is 3.70. The first-order valence-corrected chi connectivity index (χ1v) is 5.93. The van der Waals surface area contributed by atoms with Crippen molar-refractivity contribution in [3.05, 3.63) is 29.3 Å². The van der Waals surface area contributed by atoms with Crippen LogP contribution in [-0.2, 0) is 4.79 Å². The van der Waals surface area contributed by atoms with Crippen LogP contribution >= 0.6 is 0 Å². The molecule has 1 aromatic carbocycles. The Morgan fingerprint density at radius 2 is 2.06 bits per heavy atom. The van der Waals surface area contributed by atoms with Crippen molar-refractivity contribution in [2.75, 3.05) is 5.32 Å². The number of nitrogens with one attached hydrogen (secondary N) is 1. The van der Waals surface area contributed by atoms with Gasteiger partial charge < -0.3 is 16.8 Å². The highest BCUT2D eigenvalue weighted by atomic mass is 16.2. The Hall–Kier alpha value is -1.88. The van der Waals surface area contributed by atoms with Gasteiger partial charge in [-0.25, -0.2) is 0 Å². The van der Waals surface area contributed by atoms with Crippen LogP contribution in [0.25, 0.3) is 0 Å². The van der Waals surface area contributed by atoms with Crippen molar-refractivity contribution in [2.24, 2.45) is 11.5 Å². The fourth-order valence-electron chi connectivity index (χ4n) is 1.71. The van der Waals surface area contributed by atoms with Crippen molar-refractivity contribution < 1.29 is 9.59 Å². The molecule has 1 aromatic rings. The third kappa shape index (κ3) is 3.30. The number of hydrogen-bond acceptors (Lipinski definition) is 3. The van der Waals surface area contributed by atoms with E-state index in [0.29, 0.717) is 23.2 Å². The van der Waals surface area contributed by atoms with Gasteiger partial charge in [0.25, 0.3) is 0 Å². The smallest absolute Gasteiger partial charge is 0.249 e. The van der Waals surface area contributed by atoms with Crippen LogP contribution < -0.4 is 16.8 Å². The lowest BCUT2D eigenvalue weighted by atomic mass is 10.1. The maximum absolute atomic E-state index is 11.8. The molecule has 0 aliphatic heterocycles. The highest BCUT2D eigenvalue weighted by Gasteiger charge is 2.15. The van der Waals surface area contributed by atoms with Gasteiger partial charge in [0.05, 0.1) is 6.04 Å². The number of anilines is 1. The molecular weight excluding hydrogens is 230 g/mol. The second-order valence-electron chi connectivity index (χ2n) is 4.23. The summed E-state index contributed by atoms with van der Waals surface area (Å²) in [6, 6.07) is 4.48. The van der Waals surface area contributed by atoms with Crippen LogP contribution in [0, 0.1) is 6.92 Å². The summed E-state index contributed by atoms with van der Waals surface area (Å²) in [5.74, 6) is -0.761. The Kier molecular flexibility index (Phi) is 4.85. The highest BCUT2D eigenvalue weighted by molar-refractivity contribution is 5.99. The minimum absolute atomic E-state index is 0.249. The lowest BCUT2D eigenvalue weighted by molar-refractivity contribution is -0.117. The molecule has 5 heteroatoms. The minimum atomic E-state index is -0.536. The van der Waals surface area contributed by atoms with E-state index < -0.39 is 11.9 Å². The van der Waals surface area contributed by atoms with E-state index in [4.69, 9.17) is 11.5 Å².